The lowest BCUT2D eigenvalue weighted by Gasteiger charge is -2.17. The van der Waals surface area contributed by atoms with Gasteiger partial charge in [0, 0.05) is 41.4 Å². The molecule has 0 amide bonds. The van der Waals surface area contributed by atoms with Crippen molar-refractivity contribution in [3.8, 4) is 11.5 Å². The van der Waals surface area contributed by atoms with Gasteiger partial charge >= 0.3 is 11.9 Å². The number of hydrogen-bond acceptors (Lipinski definition) is 7. The Kier molecular flexibility index (Phi) is 9.08. The largest absolute Gasteiger partial charge is 0.508 e. The molecule has 0 aliphatic carbocycles. The van der Waals surface area contributed by atoms with E-state index < -0.39 is 0 Å². The van der Waals surface area contributed by atoms with Gasteiger partial charge in [0.1, 0.15) is 29.0 Å². The maximum Gasteiger partial charge on any atom is 0.354 e. The van der Waals surface area contributed by atoms with Gasteiger partial charge in [0.15, 0.2) is 0 Å². The van der Waals surface area contributed by atoms with Crippen molar-refractivity contribution >= 4 is 33.7 Å². The number of phenols is 1. The first kappa shape index (κ1) is 28.8. The number of phenolic OH excluding ortho intramolecular Hbond substituents is 1. The van der Waals surface area contributed by atoms with Crippen LogP contribution in [0.5, 0.6) is 11.5 Å². The third-order valence-corrected chi connectivity index (χ3v) is 6.97. The number of carbonyl (C=O) groups excluding carboxylic acids is 2. The Balaban J connectivity index is 0.000000199. The molecular formula is C33H35N3O6. The van der Waals surface area contributed by atoms with Crippen LogP contribution in [0, 0.1) is 0 Å². The fourth-order valence-electron chi connectivity index (χ4n) is 5.01. The molecule has 0 spiro atoms. The summed E-state index contributed by atoms with van der Waals surface area (Å²) in [5.74, 6) is 0.303. The van der Waals surface area contributed by atoms with Gasteiger partial charge in [-0.2, -0.15) is 0 Å². The van der Waals surface area contributed by atoms with Gasteiger partial charge < -0.3 is 29.3 Å². The molecule has 9 nitrogen and oxygen atoms in total. The predicted molar refractivity (Wildman–Crippen MR) is 161 cm³/mol. The molecule has 1 fully saturated rings. The van der Waals surface area contributed by atoms with Gasteiger partial charge in [-0.05, 0) is 74.4 Å². The maximum absolute atomic E-state index is 11.9. The summed E-state index contributed by atoms with van der Waals surface area (Å²) in [4.78, 5) is 31.7. The van der Waals surface area contributed by atoms with E-state index in [2.05, 4.69) is 39.1 Å². The lowest BCUT2D eigenvalue weighted by atomic mass is 10.2. The summed E-state index contributed by atoms with van der Waals surface area (Å²) in [6, 6.07) is 24.8. The first-order valence-corrected chi connectivity index (χ1v) is 14.1. The van der Waals surface area contributed by atoms with Crippen molar-refractivity contribution in [3.63, 3.8) is 0 Å². The van der Waals surface area contributed by atoms with E-state index in [1.54, 1.807) is 38.1 Å². The Bertz CT molecular complexity index is 1660. The number of H-pyrrole nitrogens is 2. The molecule has 42 heavy (non-hydrogen) atoms. The summed E-state index contributed by atoms with van der Waals surface area (Å²) in [5.41, 5.74) is 3.91. The second kappa shape index (κ2) is 13.3. The molecule has 5 aromatic rings. The minimum atomic E-state index is -0.381. The molecule has 6 rings (SSSR count). The molecule has 2 aromatic heterocycles. The second-order valence-corrected chi connectivity index (χ2v) is 10.1. The van der Waals surface area contributed by atoms with E-state index in [1.807, 2.05) is 30.3 Å². The number of hydrogen-bond donors (Lipinski definition) is 3. The Labute approximate surface area is 244 Å². The number of aromatic nitrogens is 2. The third kappa shape index (κ3) is 7.11. The zero-order valence-corrected chi connectivity index (χ0v) is 23.8. The predicted octanol–water partition coefficient (Wildman–Crippen LogP) is 6.05. The molecule has 1 aliphatic heterocycles. The van der Waals surface area contributed by atoms with Crippen LogP contribution in [0.25, 0.3) is 21.8 Å². The van der Waals surface area contributed by atoms with Crippen molar-refractivity contribution in [1.82, 2.24) is 14.9 Å². The summed E-state index contributed by atoms with van der Waals surface area (Å²) in [5, 5.41) is 11.0. The lowest BCUT2D eigenvalue weighted by Crippen LogP contribution is -2.24. The number of fused-ring (bicyclic) bond motifs is 2. The zero-order valence-electron chi connectivity index (χ0n) is 23.8. The lowest BCUT2D eigenvalue weighted by molar-refractivity contribution is 0.0511. The maximum atomic E-state index is 11.9. The highest BCUT2D eigenvalue weighted by atomic mass is 16.5. The van der Waals surface area contributed by atoms with E-state index in [0.717, 1.165) is 53.6 Å². The van der Waals surface area contributed by atoms with E-state index in [-0.39, 0.29) is 23.8 Å². The molecule has 0 saturated carbocycles. The standard InChI is InChI=1S/C22H24N2O3.C11H11NO3/c1-2-26-22(25)21-13-17-12-18(8-9-20(17)23-21)27-19-10-11-24(15-19)14-16-6-4-3-5-7-16;1-2-15-11(14)10-6-7-5-8(13)3-4-9(7)12-10/h3-9,12-13,19,23H,2,10-11,14-15H2,1H3;3-6,12-13H,2H2,1H3/t19-;/m0./s1. The number of benzene rings is 3. The number of nitrogens with zero attached hydrogens (tertiary/aromatic N) is 1. The second-order valence-electron chi connectivity index (χ2n) is 10.1. The highest BCUT2D eigenvalue weighted by Crippen LogP contribution is 2.25. The van der Waals surface area contributed by atoms with Gasteiger partial charge in [-0.3, -0.25) is 4.90 Å². The number of esters is 2. The molecule has 218 valence electrons. The van der Waals surface area contributed by atoms with Crippen LogP contribution in [-0.2, 0) is 16.0 Å². The van der Waals surface area contributed by atoms with Crippen molar-refractivity contribution in [1.29, 1.82) is 0 Å². The van der Waals surface area contributed by atoms with Crippen LogP contribution in [-0.4, -0.2) is 64.3 Å². The van der Waals surface area contributed by atoms with Gasteiger partial charge in [-0.25, -0.2) is 9.59 Å². The van der Waals surface area contributed by atoms with Crippen molar-refractivity contribution in [2.75, 3.05) is 26.3 Å². The van der Waals surface area contributed by atoms with E-state index in [0.29, 0.717) is 24.6 Å². The molecule has 9 heteroatoms. The molecule has 3 aromatic carbocycles. The van der Waals surface area contributed by atoms with Crippen molar-refractivity contribution in [2.24, 2.45) is 0 Å². The number of aromatic hydroxyl groups is 1. The SMILES string of the molecule is CCOC(=O)c1cc2cc(O)ccc2[nH]1.CCOC(=O)c1cc2cc(O[C@H]3CCN(Cc4ccccc4)C3)ccc2[nH]1. The average Bonchev–Trinajstić information content (AvgIpc) is 3.72. The minimum Gasteiger partial charge on any atom is -0.508 e. The van der Waals surface area contributed by atoms with Crippen LogP contribution in [0.4, 0.5) is 0 Å². The number of aromatic amines is 2. The molecule has 0 radical (unpaired) electrons. The van der Waals surface area contributed by atoms with Gasteiger partial charge in [-0.1, -0.05) is 30.3 Å². The van der Waals surface area contributed by atoms with Crippen molar-refractivity contribution in [2.45, 2.75) is 32.9 Å². The molecule has 3 heterocycles. The van der Waals surface area contributed by atoms with Gasteiger partial charge in [0.05, 0.1) is 13.2 Å². The Morgan fingerprint density at radius 2 is 1.45 bits per heavy atom. The van der Waals surface area contributed by atoms with Crippen LogP contribution < -0.4 is 4.74 Å². The zero-order chi connectivity index (χ0) is 29.5. The van der Waals surface area contributed by atoms with Crippen LogP contribution in [0.2, 0.25) is 0 Å². The van der Waals surface area contributed by atoms with Crippen molar-refractivity contribution in [3.05, 3.63) is 95.8 Å². The Morgan fingerprint density at radius 1 is 0.833 bits per heavy atom. The van der Waals surface area contributed by atoms with Crippen LogP contribution >= 0.6 is 0 Å². The van der Waals surface area contributed by atoms with E-state index >= 15 is 0 Å². The van der Waals surface area contributed by atoms with E-state index in [4.69, 9.17) is 14.2 Å². The number of likely N-dealkylation sites (tertiary alicyclic amines) is 1. The van der Waals surface area contributed by atoms with Crippen LogP contribution in [0.3, 0.4) is 0 Å². The number of ether oxygens (including phenoxy) is 3. The highest BCUT2D eigenvalue weighted by molar-refractivity contribution is 5.96. The van der Waals surface area contributed by atoms with Gasteiger partial charge in [0.25, 0.3) is 0 Å². The van der Waals surface area contributed by atoms with Gasteiger partial charge in [-0.15, -0.1) is 0 Å². The van der Waals surface area contributed by atoms with Gasteiger partial charge in [0.2, 0.25) is 0 Å². The Hall–Kier alpha value is -4.76. The summed E-state index contributed by atoms with van der Waals surface area (Å²) >= 11 is 0. The number of rotatable bonds is 8. The molecule has 1 atom stereocenters. The summed E-state index contributed by atoms with van der Waals surface area (Å²) in [7, 11) is 0. The number of nitrogens with one attached hydrogen (secondary N) is 2. The molecule has 1 aliphatic rings. The Morgan fingerprint density at radius 3 is 2.10 bits per heavy atom. The average molecular weight is 570 g/mol. The van der Waals surface area contributed by atoms with E-state index in [1.165, 1.54) is 5.56 Å². The summed E-state index contributed by atoms with van der Waals surface area (Å²) in [6.07, 6.45) is 1.21. The fraction of sp³-hybridized carbons (Fsp3) is 0.273. The quantitative estimate of drug-likeness (QED) is 0.195. The van der Waals surface area contributed by atoms with Crippen molar-refractivity contribution < 1.29 is 28.9 Å². The number of carbonyl (C=O) groups is 2. The topological polar surface area (TPSA) is 117 Å². The third-order valence-electron chi connectivity index (χ3n) is 6.97. The molecule has 0 unspecified atom stereocenters. The van der Waals surface area contributed by atoms with Crippen LogP contribution in [0.15, 0.2) is 78.9 Å². The van der Waals surface area contributed by atoms with Crippen LogP contribution in [0.1, 0.15) is 46.8 Å². The normalized spacial score (nSPS) is 14.9. The fourth-order valence-corrected chi connectivity index (χ4v) is 5.01. The molecular weight excluding hydrogens is 534 g/mol. The summed E-state index contributed by atoms with van der Waals surface area (Å²) < 4.78 is 16.1. The smallest absolute Gasteiger partial charge is 0.354 e. The molecule has 3 N–H and O–H groups in total. The van der Waals surface area contributed by atoms with E-state index in [9.17, 15) is 14.7 Å². The minimum absolute atomic E-state index is 0.178. The molecule has 0 bridgehead atoms. The first-order valence-electron chi connectivity index (χ1n) is 14.1. The first-order chi connectivity index (χ1) is 20.4. The summed E-state index contributed by atoms with van der Waals surface area (Å²) in [6.45, 7) is 7.19. The monoisotopic (exact) mass is 569 g/mol. The molecule has 1 saturated heterocycles. The highest BCUT2D eigenvalue weighted by Gasteiger charge is 2.24.